The van der Waals surface area contributed by atoms with E-state index in [4.69, 9.17) is 0 Å². The minimum Gasteiger partial charge on any atom is -0.392 e. The molecule has 82 valence electrons. The fourth-order valence-corrected chi connectivity index (χ4v) is 1.82. The van der Waals surface area contributed by atoms with Gasteiger partial charge in [-0.05, 0) is 33.2 Å². The summed E-state index contributed by atoms with van der Waals surface area (Å²) >= 11 is 0. The molecule has 0 aromatic rings. The van der Waals surface area contributed by atoms with Gasteiger partial charge in [0.1, 0.15) is 0 Å². The third kappa shape index (κ3) is 2.96. The fourth-order valence-electron chi connectivity index (χ4n) is 1.82. The number of piperidine rings is 1. The lowest BCUT2D eigenvalue weighted by Gasteiger charge is -2.33. The topological polar surface area (TPSA) is 52.6 Å². The van der Waals surface area contributed by atoms with Gasteiger partial charge in [0.25, 0.3) is 0 Å². The summed E-state index contributed by atoms with van der Waals surface area (Å²) < 4.78 is 0. The number of likely N-dealkylation sites (N-methyl/N-ethyl adjacent to an activating group) is 1. The van der Waals surface area contributed by atoms with Crippen molar-refractivity contribution in [3.8, 4) is 0 Å². The van der Waals surface area contributed by atoms with Gasteiger partial charge >= 0.3 is 0 Å². The molecule has 2 atom stereocenters. The molecular weight excluding hydrogens is 180 g/mol. The highest BCUT2D eigenvalue weighted by atomic mass is 16.3. The van der Waals surface area contributed by atoms with Crippen LogP contribution in [-0.4, -0.2) is 47.7 Å². The van der Waals surface area contributed by atoms with Crippen LogP contribution in [0.5, 0.6) is 0 Å². The molecule has 1 heterocycles. The van der Waals surface area contributed by atoms with E-state index >= 15 is 0 Å². The number of carbonyl (C=O) groups excluding carboxylic acids is 1. The molecule has 4 heteroatoms. The third-order valence-electron chi connectivity index (χ3n) is 2.71. The summed E-state index contributed by atoms with van der Waals surface area (Å²) in [5.41, 5.74) is 0. The zero-order chi connectivity index (χ0) is 10.6. The van der Waals surface area contributed by atoms with E-state index in [0.29, 0.717) is 13.1 Å². The first-order valence-corrected chi connectivity index (χ1v) is 5.35. The molecule has 1 aliphatic heterocycles. The summed E-state index contributed by atoms with van der Waals surface area (Å²) in [6.45, 7) is 6.01. The minimum atomic E-state index is -0.263. The van der Waals surface area contributed by atoms with Crippen LogP contribution in [0.4, 0.5) is 0 Å². The van der Waals surface area contributed by atoms with Crippen molar-refractivity contribution in [1.82, 2.24) is 10.2 Å². The Balaban J connectivity index is 2.42. The predicted octanol–water partition coefficient (Wildman–Crippen LogP) is -0.0323. The summed E-state index contributed by atoms with van der Waals surface area (Å²) in [5.74, 6) is 0.0570. The molecule has 1 amide bonds. The highest BCUT2D eigenvalue weighted by molar-refractivity contribution is 5.81. The van der Waals surface area contributed by atoms with E-state index in [9.17, 15) is 9.90 Å². The van der Waals surface area contributed by atoms with Gasteiger partial charge in [0.15, 0.2) is 0 Å². The number of carbonyl (C=O) groups is 1. The molecule has 0 bridgehead atoms. The first-order chi connectivity index (χ1) is 6.65. The minimum absolute atomic E-state index is 0.0570. The van der Waals surface area contributed by atoms with Crippen molar-refractivity contribution in [1.29, 1.82) is 0 Å². The first-order valence-electron chi connectivity index (χ1n) is 5.35. The zero-order valence-electron chi connectivity index (χ0n) is 8.99. The predicted molar refractivity (Wildman–Crippen MR) is 55.0 cm³/mol. The van der Waals surface area contributed by atoms with Crippen LogP contribution in [0.2, 0.25) is 0 Å². The molecule has 0 saturated carbocycles. The molecule has 1 aliphatic rings. The number of hydrogen-bond acceptors (Lipinski definition) is 3. The van der Waals surface area contributed by atoms with Gasteiger partial charge in [-0.2, -0.15) is 0 Å². The molecule has 1 rings (SSSR count). The van der Waals surface area contributed by atoms with Gasteiger partial charge in [-0.1, -0.05) is 0 Å². The van der Waals surface area contributed by atoms with E-state index in [0.717, 1.165) is 19.4 Å². The number of rotatable bonds is 3. The molecule has 0 spiro atoms. The lowest BCUT2D eigenvalue weighted by atomic mass is 10.1. The van der Waals surface area contributed by atoms with Crippen molar-refractivity contribution in [3.05, 3.63) is 0 Å². The Morgan fingerprint density at radius 3 is 3.00 bits per heavy atom. The Morgan fingerprint density at radius 2 is 2.43 bits per heavy atom. The molecule has 0 aliphatic carbocycles. The maximum atomic E-state index is 11.5. The lowest BCUT2D eigenvalue weighted by molar-refractivity contribution is -0.126. The third-order valence-corrected chi connectivity index (χ3v) is 2.71. The highest BCUT2D eigenvalue weighted by Gasteiger charge is 2.25. The standard InChI is InChI=1S/C10H20N2O2/c1-3-11-10(14)8(2)12-6-4-5-9(13)7-12/h8-9,13H,3-7H2,1-2H3,(H,11,14). The van der Waals surface area contributed by atoms with Crippen molar-refractivity contribution in [3.63, 3.8) is 0 Å². The molecule has 1 saturated heterocycles. The zero-order valence-corrected chi connectivity index (χ0v) is 8.99. The number of nitrogens with zero attached hydrogens (tertiary/aromatic N) is 1. The first kappa shape index (κ1) is 11.5. The molecule has 14 heavy (non-hydrogen) atoms. The van der Waals surface area contributed by atoms with Crippen LogP contribution in [0.15, 0.2) is 0 Å². The van der Waals surface area contributed by atoms with Crippen LogP contribution in [0.3, 0.4) is 0 Å². The van der Waals surface area contributed by atoms with Crippen molar-refractivity contribution in [2.45, 2.75) is 38.8 Å². The van der Waals surface area contributed by atoms with Gasteiger partial charge in [-0.25, -0.2) is 0 Å². The second kappa shape index (κ2) is 5.32. The van der Waals surface area contributed by atoms with Gasteiger partial charge in [-0.15, -0.1) is 0 Å². The number of β-amino-alcohol motifs (C(OH)–C–C–N with tert-alkyl or cyclic N) is 1. The summed E-state index contributed by atoms with van der Waals surface area (Å²) in [6, 6.07) is -0.120. The van der Waals surface area contributed by atoms with Gasteiger partial charge in [0.05, 0.1) is 12.1 Å². The monoisotopic (exact) mass is 200 g/mol. The number of aliphatic hydroxyl groups is 1. The number of nitrogens with one attached hydrogen (secondary N) is 1. The van der Waals surface area contributed by atoms with Crippen LogP contribution in [0.1, 0.15) is 26.7 Å². The SMILES string of the molecule is CCNC(=O)C(C)N1CCCC(O)C1. The highest BCUT2D eigenvalue weighted by Crippen LogP contribution is 2.12. The molecule has 0 aromatic carbocycles. The molecule has 0 aromatic heterocycles. The van der Waals surface area contributed by atoms with Crippen LogP contribution < -0.4 is 5.32 Å². The molecule has 1 fully saturated rings. The van der Waals surface area contributed by atoms with E-state index in [1.807, 2.05) is 18.7 Å². The summed E-state index contributed by atoms with van der Waals surface area (Å²) in [6.07, 6.45) is 1.57. The number of hydrogen-bond donors (Lipinski definition) is 2. The molecule has 2 unspecified atom stereocenters. The van der Waals surface area contributed by atoms with Gasteiger partial charge < -0.3 is 10.4 Å². The summed E-state index contributed by atoms with van der Waals surface area (Å²) in [5, 5.41) is 12.3. The Kier molecular flexibility index (Phi) is 4.35. The van der Waals surface area contributed by atoms with E-state index in [-0.39, 0.29) is 18.1 Å². The Morgan fingerprint density at radius 1 is 1.71 bits per heavy atom. The van der Waals surface area contributed by atoms with Crippen molar-refractivity contribution < 1.29 is 9.90 Å². The van der Waals surface area contributed by atoms with Crippen LogP contribution in [0, 0.1) is 0 Å². The second-order valence-electron chi connectivity index (χ2n) is 3.86. The van der Waals surface area contributed by atoms with Crippen LogP contribution >= 0.6 is 0 Å². The van der Waals surface area contributed by atoms with Crippen molar-refractivity contribution in [2.75, 3.05) is 19.6 Å². The molecule has 0 radical (unpaired) electrons. The lowest BCUT2D eigenvalue weighted by Crippen LogP contribution is -2.50. The molecule has 2 N–H and O–H groups in total. The quantitative estimate of drug-likeness (QED) is 0.672. The Labute approximate surface area is 85.3 Å². The molecular formula is C10H20N2O2. The van der Waals surface area contributed by atoms with Crippen molar-refractivity contribution in [2.24, 2.45) is 0 Å². The van der Waals surface area contributed by atoms with Gasteiger partial charge in [0, 0.05) is 13.1 Å². The van der Waals surface area contributed by atoms with Crippen LogP contribution in [0.25, 0.3) is 0 Å². The van der Waals surface area contributed by atoms with E-state index in [1.165, 1.54) is 0 Å². The normalized spacial score (nSPS) is 25.8. The van der Waals surface area contributed by atoms with Crippen LogP contribution in [-0.2, 0) is 4.79 Å². The van der Waals surface area contributed by atoms with Crippen molar-refractivity contribution >= 4 is 5.91 Å². The maximum absolute atomic E-state index is 11.5. The average molecular weight is 200 g/mol. The summed E-state index contributed by atoms with van der Waals surface area (Å²) in [4.78, 5) is 13.6. The average Bonchev–Trinajstić information content (AvgIpc) is 2.17. The largest absolute Gasteiger partial charge is 0.392 e. The number of amides is 1. The Bertz CT molecular complexity index is 197. The maximum Gasteiger partial charge on any atom is 0.237 e. The van der Waals surface area contributed by atoms with Gasteiger partial charge in [-0.3, -0.25) is 9.69 Å². The summed E-state index contributed by atoms with van der Waals surface area (Å²) in [7, 11) is 0. The van der Waals surface area contributed by atoms with E-state index in [1.54, 1.807) is 0 Å². The number of aliphatic hydroxyl groups excluding tert-OH is 1. The fraction of sp³-hybridized carbons (Fsp3) is 0.900. The molecule has 4 nitrogen and oxygen atoms in total. The Hall–Kier alpha value is -0.610. The second-order valence-corrected chi connectivity index (χ2v) is 3.86. The smallest absolute Gasteiger partial charge is 0.237 e. The van der Waals surface area contributed by atoms with E-state index < -0.39 is 0 Å². The van der Waals surface area contributed by atoms with Gasteiger partial charge in [0.2, 0.25) is 5.91 Å². The number of likely N-dealkylation sites (tertiary alicyclic amines) is 1. The van der Waals surface area contributed by atoms with E-state index in [2.05, 4.69) is 5.32 Å².